The summed E-state index contributed by atoms with van der Waals surface area (Å²) < 4.78 is 0. The van der Waals surface area contributed by atoms with Crippen molar-refractivity contribution < 1.29 is 14.4 Å². The third kappa shape index (κ3) is 4.03. The molecule has 5 nitrogen and oxygen atoms in total. The summed E-state index contributed by atoms with van der Waals surface area (Å²) in [5, 5.41) is 3.09. The number of likely N-dealkylation sites (tertiary alicyclic amines) is 1. The summed E-state index contributed by atoms with van der Waals surface area (Å²) in [6, 6.07) is 11.7. The van der Waals surface area contributed by atoms with Crippen molar-refractivity contribution in [1.29, 1.82) is 0 Å². The van der Waals surface area contributed by atoms with Crippen LogP contribution in [0.3, 0.4) is 0 Å². The van der Waals surface area contributed by atoms with Crippen LogP contribution in [0.1, 0.15) is 16.8 Å². The van der Waals surface area contributed by atoms with Gasteiger partial charge in [-0.2, -0.15) is 0 Å². The van der Waals surface area contributed by atoms with Crippen molar-refractivity contribution >= 4 is 58.4 Å². The molecule has 26 heavy (non-hydrogen) atoms. The number of amides is 3. The molecule has 1 unspecified atom stereocenters. The van der Waals surface area contributed by atoms with Crippen molar-refractivity contribution in [2.24, 2.45) is 0 Å². The first kappa shape index (κ1) is 18.8. The monoisotopic (exact) mass is 408 g/mol. The Labute approximate surface area is 164 Å². The van der Waals surface area contributed by atoms with E-state index in [1.165, 1.54) is 24.9 Å². The van der Waals surface area contributed by atoms with Gasteiger partial charge in [-0.1, -0.05) is 23.2 Å². The number of hydrogen-bond acceptors (Lipinski definition) is 4. The SMILES string of the molecule is CN1C(=O)CC(Sc2ccc(NC(=O)c3ccc(Cl)cc3Cl)cc2)C1=O. The van der Waals surface area contributed by atoms with E-state index in [9.17, 15) is 14.4 Å². The Bertz CT molecular complexity index is 887. The van der Waals surface area contributed by atoms with E-state index >= 15 is 0 Å². The number of imide groups is 1. The van der Waals surface area contributed by atoms with Crippen LogP contribution in [0.15, 0.2) is 47.4 Å². The Morgan fingerprint density at radius 3 is 2.42 bits per heavy atom. The molecular weight excluding hydrogens is 395 g/mol. The third-order valence-electron chi connectivity index (χ3n) is 3.91. The van der Waals surface area contributed by atoms with Gasteiger partial charge < -0.3 is 5.32 Å². The number of anilines is 1. The molecule has 2 aromatic rings. The zero-order chi connectivity index (χ0) is 18.8. The number of carbonyl (C=O) groups is 3. The lowest BCUT2D eigenvalue weighted by Gasteiger charge is -2.10. The fourth-order valence-electron chi connectivity index (χ4n) is 2.47. The standard InChI is InChI=1S/C18H14Cl2N2O3S/c1-22-16(23)9-15(18(22)25)26-12-5-3-11(4-6-12)21-17(24)13-7-2-10(19)8-14(13)20/h2-8,15H,9H2,1H3,(H,21,24). The number of nitrogens with one attached hydrogen (secondary N) is 1. The quantitative estimate of drug-likeness (QED) is 0.773. The summed E-state index contributed by atoms with van der Waals surface area (Å²) in [6.07, 6.45) is 0.202. The predicted octanol–water partition coefficient (Wildman–Crippen LogP) is 4.10. The lowest BCUT2D eigenvalue weighted by Crippen LogP contribution is -2.26. The Hall–Kier alpha value is -2.02. The molecule has 0 radical (unpaired) electrons. The fourth-order valence-corrected chi connectivity index (χ4v) is 4.07. The lowest BCUT2D eigenvalue weighted by atomic mass is 10.2. The third-order valence-corrected chi connectivity index (χ3v) is 5.65. The maximum atomic E-state index is 12.3. The Kier molecular flexibility index (Phi) is 5.55. The molecule has 1 atom stereocenters. The highest BCUT2D eigenvalue weighted by Crippen LogP contribution is 2.31. The van der Waals surface area contributed by atoms with E-state index in [1.54, 1.807) is 36.4 Å². The highest BCUT2D eigenvalue weighted by molar-refractivity contribution is 8.00. The van der Waals surface area contributed by atoms with E-state index in [-0.39, 0.29) is 29.2 Å². The van der Waals surface area contributed by atoms with Crippen molar-refractivity contribution in [3.63, 3.8) is 0 Å². The van der Waals surface area contributed by atoms with Gasteiger partial charge in [0.25, 0.3) is 5.91 Å². The van der Waals surface area contributed by atoms with Crippen molar-refractivity contribution in [3.8, 4) is 0 Å². The van der Waals surface area contributed by atoms with Gasteiger partial charge in [-0.05, 0) is 42.5 Å². The molecule has 0 saturated carbocycles. The molecule has 3 amide bonds. The Morgan fingerprint density at radius 2 is 1.85 bits per heavy atom. The smallest absolute Gasteiger partial charge is 0.257 e. The van der Waals surface area contributed by atoms with E-state index in [1.807, 2.05) is 0 Å². The molecule has 1 heterocycles. The number of nitrogens with zero attached hydrogens (tertiary/aromatic N) is 1. The van der Waals surface area contributed by atoms with Crippen LogP contribution >= 0.6 is 35.0 Å². The van der Waals surface area contributed by atoms with E-state index in [0.717, 1.165) is 9.80 Å². The van der Waals surface area contributed by atoms with E-state index in [4.69, 9.17) is 23.2 Å². The average Bonchev–Trinajstić information content (AvgIpc) is 2.83. The topological polar surface area (TPSA) is 66.5 Å². The second-order valence-electron chi connectivity index (χ2n) is 5.70. The molecule has 8 heteroatoms. The van der Waals surface area contributed by atoms with Crippen molar-refractivity contribution in [1.82, 2.24) is 4.90 Å². The molecule has 2 aromatic carbocycles. The molecule has 1 fully saturated rings. The molecule has 1 aliphatic heterocycles. The first-order chi connectivity index (χ1) is 12.3. The van der Waals surface area contributed by atoms with Crippen LogP contribution in [0.2, 0.25) is 10.0 Å². The van der Waals surface area contributed by atoms with Crippen LogP contribution in [-0.4, -0.2) is 34.9 Å². The van der Waals surface area contributed by atoms with Gasteiger partial charge in [-0.25, -0.2) is 0 Å². The summed E-state index contributed by atoms with van der Waals surface area (Å²) in [4.78, 5) is 37.8. The van der Waals surface area contributed by atoms with E-state index in [0.29, 0.717) is 16.3 Å². The maximum absolute atomic E-state index is 12.3. The van der Waals surface area contributed by atoms with Crippen LogP contribution in [0.25, 0.3) is 0 Å². The average molecular weight is 409 g/mol. The number of halogens is 2. The first-order valence-corrected chi connectivity index (χ1v) is 9.32. The molecule has 0 bridgehead atoms. The first-order valence-electron chi connectivity index (χ1n) is 7.68. The molecule has 0 aromatic heterocycles. The summed E-state index contributed by atoms with van der Waals surface area (Å²) in [5.74, 6) is -0.698. The number of thioether (sulfide) groups is 1. The lowest BCUT2D eigenvalue weighted by molar-refractivity contribution is -0.136. The van der Waals surface area contributed by atoms with Crippen molar-refractivity contribution in [2.75, 3.05) is 12.4 Å². The van der Waals surface area contributed by atoms with Gasteiger partial charge >= 0.3 is 0 Å². The normalized spacial score (nSPS) is 16.9. The summed E-state index contributed by atoms with van der Waals surface area (Å²) in [6.45, 7) is 0. The molecule has 1 saturated heterocycles. The van der Waals surface area contributed by atoms with Crippen LogP contribution in [-0.2, 0) is 9.59 Å². The second-order valence-corrected chi connectivity index (χ2v) is 7.82. The molecule has 3 rings (SSSR count). The number of hydrogen-bond donors (Lipinski definition) is 1. The molecule has 134 valence electrons. The molecule has 0 spiro atoms. The minimum atomic E-state index is -0.402. The van der Waals surface area contributed by atoms with Gasteiger partial charge in [0.1, 0.15) is 0 Å². The zero-order valence-electron chi connectivity index (χ0n) is 13.7. The van der Waals surface area contributed by atoms with Gasteiger partial charge in [-0.15, -0.1) is 11.8 Å². The minimum Gasteiger partial charge on any atom is -0.322 e. The molecular formula is C18H14Cl2N2O3S. The van der Waals surface area contributed by atoms with Gasteiger partial charge in [0.15, 0.2) is 0 Å². The number of benzene rings is 2. The van der Waals surface area contributed by atoms with Crippen molar-refractivity contribution in [3.05, 3.63) is 58.1 Å². The van der Waals surface area contributed by atoms with E-state index in [2.05, 4.69) is 5.32 Å². The highest BCUT2D eigenvalue weighted by atomic mass is 35.5. The second kappa shape index (κ2) is 7.70. The number of rotatable bonds is 4. The fraction of sp³-hybridized carbons (Fsp3) is 0.167. The maximum Gasteiger partial charge on any atom is 0.257 e. The predicted molar refractivity (Wildman–Crippen MR) is 103 cm³/mol. The van der Waals surface area contributed by atoms with E-state index < -0.39 is 5.25 Å². The zero-order valence-corrected chi connectivity index (χ0v) is 16.0. The molecule has 0 aliphatic carbocycles. The Morgan fingerprint density at radius 1 is 1.15 bits per heavy atom. The van der Waals surface area contributed by atoms with Crippen LogP contribution in [0, 0.1) is 0 Å². The highest BCUT2D eigenvalue weighted by Gasteiger charge is 2.36. The minimum absolute atomic E-state index is 0.170. The van der Waals surface area contributed by atoms with Gasteiger partial charge in [0, 0.05) is 29.1 Å². The molecule has 1 N–H and O–H groups in total. The molecule has 1 aliphatic rings. The van der Waals surface area contributed by atoms with Crippen LogP contribution in [0.5, 0.6) is 0 Å². The summed E-state index contributed by atoms with van der Waals surface area (Å²) in [5.41, 5.74) is 0.920. The van der Waals surface area contributed by atoms with Gasteiger partial charge in [0.2, 0.25) is 11.8 Å². The van der Waals surface area contributed by atoms with Crippen LogP contribution < -0.4 is 5.32 Å². The number of carbonyl (C=O) groups excluding carboxylic acids is 3. The van der Waals surface area contributed by atoms with Crippen LogP contribution in [0.4, 0.5) is 5.69 Å². The van der Waals surface area contributed by atoms with Gasteiger partial charge in [-0.3, -0.25) is 19.3 Å². The van der Waals surface area contributed by atoms with Crippen molar-refractivity contribution in [2.45, 2.75) is 16.6 Å². The van der Waals surface area contributed by atoms with Gasteiger partial charge in [0.05, 0.1) is 15.8 Å². The summed E-state index contributed by atoms with van der Waals surface area (Å²) >= 11 is 13.2. The largest absolute Gasteiger partial charge is 0.322 e. The Balaban J connectivity index is 1.65. The summed E-state index contributed by atoms with van der Waals surface area (Å²) in [7, 11) is 1.49.